The first-order chi connectivity index (χ1) is 9.52. The van der Waals surface area contributed by atoms with E-state index in [0.717, 1.165) is 12.8 Å². The van der Waals surface area contributed by atoms with Crippen LogP contribution in [0.1, 0.15) is 36.0 Å². The van der Waals surface area contributed by atoms with Crippen molar-refractivity contribution < 1.29 is 9.18 Å². The number of hydrogen-bond acceptors (Lipinski definition) is 2. The SMILES string of the molecule is CN(C(=O)c1cc(F)cc(Cl)c1)C1CC2CCC(C1)N2.Cl. The molecule has 1 amide bonds. The number of rotatable bonds is 2. The maximum atomic E-state index is 13.4. The lowest BCUT2D eigenvalue weighted by Crippen LogP contribution is -2.48. The molecular weight excluding hydrogens is 314 g/mol. The standard InChI is InChI=1S/C15H18ClFN2O.ClH/c1-19(14-7-12-2-3-13(8-14)18-12)15(20)9-4-10(16)6-11(17)5-9;/h4-6,12-14,18H,2-3,7-8H2,1H3;1H. The minimum Gasteiger partial charge on any atom is -0.339 e. The summed E-state index contributed by atoms with van der Waals surface area (Å²) in [7, 11) is 1.80. The van der Waals surface area contributed by atoms with Gasteiger partial charge in [0.25, 0.3) is 5.91 Å². The molecule has 3 rings (SSSR count). The first-order valence-corrected chi connectivity index (χ1v) is 7.40. The first kappa shape index (κ1) is 16.5. The predicted octanol–water partition coefficient (Wildman–Crippen LogP) is 3.26. The van der Waals surface area contributed by atoms with Crippen molar-refractivity contribution in [3.05, 3.63) is 34.6 Å². The molecule has 2 fully saturated rings. The summed E-state index contributed by atoms with van der Waals surface area (Å²) in [5, 5.41) is 3.81. The van der Waals surface area contributed by atoms with Gasteiger partial charge in [0.05, 0.1) is 0 Å². The molecule has 2 aliphatic rings. The average Bonchev–Trinajstić information content (AvgIpc) is 2.74. The number of hydrogen-bond donors (Lipinski definition) is 1. The van der Waals surface area contributed by atoms with Crippen molar-refractivity contribution in [2.45, 2.75) is 43.8 Å². The van der Waals surface area contributed by atoms with Crippen LogP contribution in [0.2, 0.25) is 5.02 Å². The molecule has 2 unspecified atom stereocenters. The van der Waals surface area contributed by atoms with E-state index in [1.54, 1.807) is 11.9 Å². The fourth-order valence-electron chi connectivity index (χ4n) is 3.39. The van der Waals surface area contributed by atoms with Crippen LogP contribution in [0.15, 0.2) is 18.2 Å². The zero-order valence-electron chi connectivity index (χ0n) is 11.8. The Bertz CT molecular complexity index is 508. The molecule has 21 heavy (non-hydrogen) atoms. The highest BCUT2D eigenvalue weighted by Gasteiger charge is 2.36. The number of carbonyl (C=O) groups excluding carboxylic acids is 1. The molecular formula is C15H19Cl2FN2O. The molecule has 1 aromatic rings. The topological polar surface area (TPSA) is 32.3 Å². The number of nitrogens with zero attached hydrogens (tertiary/aromatic N) is 1. The molecule has 3 nitrogen and oxygen atoms in total. The third-order valence-electron chi connectivity index (χ3n) is 4.43. The lowest BCUT2D eigenvalue weighted by molar-refractivity contribution is 0.0681. The summed E-state index contributed by atoms with van der Waals surface area (Å²) in [5.74, 6) is -0.627. The van der Waals surface area contributed by atoms with Crippen LogP contribution in [0, 0.1) is 5.82 Å². The maximum absolute atomic E-state index is 13.4. The lowest BCUT2D eigenvalue weighted by Gasteiger charge is -2.35. The van der Waals surface area contributed by atoms with E-state index in [1.807, 2.05) is 0 Å². The largest absolute Gasteiger partial charge is 0.339 e. The number of carbonyl (C=O) groups is 1. The highest BCUT2D eigenvalue weighted by Crippen LogP contribution is 2.30. The van der Waals surface area contributed by atoms with Crippen molar-refractivity contribution in [2.75, 3.05) is 7.05 Å². The van der Waals surface area contributed by atoms with Crippen molar-refractivity contribution in [1.29, 1.82) is 0 Å². The average molecular weight is 333 g/mol. The third-order valence-corrected chi connectivity index (χ3v) is 4.64. The monoisotopic (exact) mass is 332 g/mol. The minimum atomic E-state index is -0.473. The van der Waals surface area contributed by atoms with E-state index in [2.05, 4.69) is 5.32 Å². The van der Waals surface area contributed by atoms with Gasteiger partial charge in [-0.2, -0.15) is 0 Å². The van der Waals surface area contributed by atoms with E-state index in [-0.39, 0.29) is 29.4 Å². The summed E-state index contributed by atoms with van der Waals surface area (Å²) < 4.78 is 13.4. The summed E-state index contributed by atoms with van der Waals surface area (Å²) in [6.07, 6.45) is 4.33. The fraction of sp³-hybridized carbons (Fsp3) is 0.533. The van der Waals surface area contributed by atoms with E-state index in [1.165, 1.54) is 31.0 Å². The smallest absolute Gasteiger partial charge is 0.254 e. The molecule has 6 heteroatoms. The van der Waals surface area contributed by atoms with Crippen LogP contribution < -0.4 is 5.32 Å². The fourth-order valence-corrected chi connectivity index (χ4v) is 3.61. The summed E-state index contributed by atoms with van der Waals surface area (Å²) in [4.78, 5) is 14.2. The van der Waals surface area contributed by atoms with Gasteiger partial charge in [-0.25, -0.2) is 4.39 Å². The molecule has 1 N–H and O–H groups in total. The molecule has 2 atom stereocenters. The van der Waals surface area contributed by atoms with Crippen molar-refractivity contribution in [3.63, 3.8) is 0 Å². The van der Waals surface area contributed by atoms with E-state index in [4.69, 9.17) is 11.6 Å². The second kappa shape index (κ2) is 6.51. The Morgan fingerprint density at radius 2 is 1.90 bits per heavy atom. The summed E-state index contributed by atoms with van der Waals surface area (Å²) >= 11 is 5.82. The third kappa shape index (κ3) is 3.50. The molecule has 0 saturated carbocycles. The zero-order valence-corrected chi connectivity index (χ0v) is 13.4. The predicted molar refractivity (Wildman–Crippen MR) is 83.7 cm³/mol. The Labute approximate surface area is 135 Å². The number of benzene rings is 1. The zero-order chi connectivity index (χ0) is 14.3. The number of nitrogens with one attached hydrogen (secondary N) is 1. The van der Waals surface area contributed by atoms with Gasteiger partial charge in [0.15, 0.2) is 0 Å². The quantitative estimate of drug-likeness (QED) is 0.901. The molecule has 1 aromatic carbocycles. The van der Waals surface area contributed by atoms with Crippen LogP contribution in [0.4, 0.5) is 4.39 Å². The lowest BCUT2D eigenvalue weighted by atomic mass is 9.98. The van der Waals surface area contributed by atoms with E-state index < -0.39 is 5.82 Å². The Morgan fingerprint density at radius 3 is 2.48 bits per heavy atom. The first-order valence-electron chi connectivity index (χ1n) is 7.02. The summed E-state index contributed by atoms with van der Waals surface area (Å²) in [6.45, 7) is 0. The van der Waals surface area contributed by atoms with Crippen LogP contribution in [0.25, 0.3) is 0 Å². The Hall–Kier alpha value is -0.840. The molecule has 2 saturated heterocycles. The second-order valence-corrected chi connectivity index (χ2v) is 6.27. The number of halogens is 3. The van der Waals surface area contributed by atoms with Gasteiger partial charge in [-0.15, -0.1) is 12.4 Å². The molecule has 0 aliphatic carbocycles. The van der Waals surface area contributed by atoms with Crippen molar-refractivity contribution in [3.8, 4) is 0 Å². The molecule has 0 aromatic heterocycles. The van der Waals surface area contributed by atoms with Gasteiger partial charge in [0.1, 0.15) is 5.82 Å². The molecule has 116 valence electrons. The van der Waals surface area contributed by atoms with Crippen LogP contribution in [0.3, 0.4) is 0 Å². The van der Waals surface area contributed by atoms with E-state index >= 15 is 0 Å². The molecule has 2 bridgehead atoms. The van der Waals surface area contributed by atoms with Crippen LogP contribution in [-0.2, 0) is 0 Å². The summed E-state index contributed by atoms with van der Waals surface area (Å²) in [6, 6.07) is 5.25. The van der Waals surface area contributed by atoms with Crippen LogP contribution in [0.5, 0.6) is 0 Å². The van der Waals surface area contributed by atoms with E-state index in [9.17, 15) is 9.18 Å². The number of fused-ring (bicyclic) bond motifs is 2. The van der Waals surface area contributed by atoms with Crippen molar-refractivity contribution in [1.82, 2.24) is 10.2 Å². The molecule has 0 spiro atoms. The van der Waals surface area contributed by atoms with Gasteiger partial charge in [0, 0.05) is 35.8 Å². The second-order valence-electron chi connectivity index (χ2n) is 5.84. The minimum absolute atomic E-state index is 0. The van der Waals surface area contributed by atoms with Crippen molar-refractivity contribution in [2.24, 2.45) is 0 Å². The summed E-state index contributed by atoms with van der Waals surface area (Å²) in [5.41, 5.74) is 0.323. The maximum Gasteiger partial charge on any atom is 0.254 e. The Kier molecular flexibility index (Phi) is 5.12. The van der Waals surface area contributed by atoms with Gasteiger partial charge in [-0.05, 0) is 43.9 Å². The van der Waals surface area contributed by atoms with E-state index in [0.29, 0.717) is 17.6 Å². The number of amides is 1. The normalized spacial score (nSPS) is 27.1. The van der Waals surface area contributed by atoms with Crippen molar-refractivity contribution >= 4 is 29.9 Å². The Morgan fingerprint density at radius 1 is 1.29 bits per heavy atom. The highest BCUT2D eigenvalue weighted by atomic mass is 35.5. The van der Waals surface area contributed by atoms with Gasteiger partial charge >= 0.3 is 0 Å². The van der Waals surface area contributed by atoms with Crippen LogP contribution in [-0.4, -0.2) is 36.0 Å². The van der Waals surface area contributed by atoms with Gasteiger partial charge in [0.2, 0.25) is 0 Å². The number of piperidine rings is 1. The van der Waals surface area contributed by atoms with Gasteiger partial charge in [-0.1, -0.05) is 11.6 Å². The van der Waals surface area contributed by atoms with Crippen LogP contribution >= 0.6 is 24.0 Å². The Balaban J connectivity index is 0.00000161. The highest BCUT2D eigenvalue weighted by molar-refractivity contribution is 6.31. The molecule has 2 heterocycles. The molecule has 2 aliphatic heterocycles. The van der Waals surface area contributed by atoms with Gasteiger partial charge in [-0.3, -0.25) is 4.79 Å². The van der Waals surface area contributed by atoms with Gasteiger partial charge < -0.3 is 10.2 Å². The molecule has 0 radical (unpaired) electrons.